The van der Waals surface area contributed by atoms with E-state index >= 15 is 0 Å². The van der Waals surface area contributed by atoms with Gasteiger partial charge in [0.05, 0.1) is 17.1 Å². The minimum Gasteiger partial charge on any atom is -0.357 e. The average Bonchev–Trinajstić information content (AvgIpc) is 3.20. The maximum Gasteiger partial charge on any atom is 0.252 e. The third kappa shape index (κ3) is 6.98. The van der Waals surface area contributed by atoms with Crippen molar-refractivity contribution < 1.29 is 4.79 Å². The Bertz CT molecular complexity index is 837. The first kappa shape index (κ1) is 24.1. The second kappa shape index (κ2) is 12.5. The normalized spacial score (nSPS) is 16.0. The Morgan fingerprint density at radius 2 is 2.13 bits per heavy atom. The lowest BCUT2D eigenvalue weighted by Crippen LogP contribution is -2.45. The summed E-state index contributed by atoms with van der Waals surface area (Å²) in [6, 6.07) is 7.41. The van der Waals surface area contributed by atoms with Crippen LogP contribution < -0.4 is 20.9 Å². The zero-order chi connectivity index (χ0) is 20.5. The predicted octanol–water partition coefficient (Wildman–Crippen LogP) is 2.31. The van der Waals surface area contributed by atoms with Crippen LogP contribution in [0.1, 0.15) is 23.7 Å². The molecule has 3 heterocycles. The third-order valence-electron chi connectivity index (χ3n) is 4.50. The Kier molecular flexibility index (Phi) is 10.1. The first-order valence-electron chi connectivity index (χ1n) is 9.76. The zero-order valence-electron chi connectivity index (χ0n) is 16.8. The molecule has 0 aliphatic carbocycles. The number of rotatable bonds is 7. The molecule has 0 aromatic carbocycles. The highest BCUT2D eigenvalue weighted by Crippen LogP contribution is 2.25. The number of anilines is 1. The van der Waals surface area contributed by atoms with Gasteiger partial charge in [-0.25, -0.2) is 4.98 Å². The Morgan fingerprint density at radius 1 is 1.30 bits per heavy atom. The van der Waals surface area contributed by atoms with Gasteiger partial charge in [-0.3, -0.25) is 14.8 Å². The molecule has 1 saturated heterocycles. The molecule has 0 bridgehead atoms. The van der Waals surface area contributed by atoms with Crippen molar-refractivity contribution in [3.05, 3.63) is 53.4 Å². The number of hydrogen-bond donors (Lipinski definition) is 3. The number of nitrogens with zero attached hydrogens (tertiary/aromatic N) is 4. The van der Waals surface area contributed by atoms with Crippen LogP contribution in [0.3, 0.4) is 0 Å². The average molecular weight is 544 g/mol. The highest BCUT2D eigenvalue weighted by atomic mass is 127. The maximum absolute atomic E-state index is 12.0. The van der Waals surface area contributed by atoms with E-state index in [2.05, 4.69) is 35.8 Å². The summed E-state index contributed by atoms with van der Waals surface area (Å²) in [5.74, 6) is 1.41. The molecule has 3 rings (SSSR count). The van der Waals surface area contributed by atoms with Crippen LogP contribution in [0.15, 0.2) is 47.8 Å². The largest absolute Gasteiger partial charge is 0.357 e. The van der Waals surface area contributed by atoms with Crippen LogP contribution in [0.5, 0.6) is 0 Å². The molecule has 30 heavy (non-hydrogen) atoms. The quantitative estimate of drug-likeness (QED) is 0.215. The van der Waals surface area contributed by atoms with Crippen molar-refractivity contribution in [1.82, 2.24) is 25.9 Å². The Hall–Kier alpha value is -2.14. The number of guanidine groups is 1. The molecule has 2 aromatic rings. The van der Waals surface area contributed by atoms with Crippen LogP contribution in [0.4, 0.5) is 5.82 Å². The van der Waals surface area contributed by atoms with Crippen molar-refractivity contribution in [2.24, 2.45) is 4.99 Å². The molecule has 1 aliphatic rings. The predicted molar refractivity (Wildman–Crippen MR) is 131 cm³/mol. The highest BCUT2D eigenvalue weighted by Gasteiger charge is 2.25. The van der Waals surface area contributed by atoms with Gasteiger partial charge in [0.15, 0.2) is 5.96 Å². The van der Waals surface area contributed by atoms with E-state index in [0.29, 0.717) is 23.7 Å². The third-order valence-corrected chi connectivity index (χ3v) is 4.80. The summed E-state index contributed by atoms with van der Waals surface area (Å²) in [5.41, 5.74) is 0.542. The Balaban J connectivity index is 0.00000320. The minimum absolute atomic E-state index is 0. The van der Waals surface area contributed by atoms with E-state index < -0.39 is 0 Å². The van der Waals surface area contributed by atoms with Gasteiger partial charge in [-0.15, -0.1) is 24.0 Å². The SMILES string of the molecule is CCNC(=NCCNC(=O)c1cccnc1)NC1CCN(c2ncccc2Cl)C1.I. The van der Waals surface area contributed by atoms with Gasteiger partial charge in [-0.2, -0.15) is 0 Å². The lowest BCUT2D eigenvalue weighted by molar-refractivity contribution is 0.0954. The van der Waals surface area contributed by atoms with Gasteiger partial charge in [0.1, 0.15) is 5.82 Å². The lowest BCUT2D eigenvalue weighted by Gasteiger charge is -2.20. The van der Waals surface area contributed by atoms with Gasteiger partial charge in [-0.05, 0) is 37.6 Å². The summed E-state index contributed by atoms with van der Waals surface area (Å²) in [6.45, 7) is 5.40. The number of carbonyl (C=O) groups is 1. The van der Waals surface area contributed by atoms with E-state index in [-0.39, 0.29) is 35.9 Å². The van der Waals surface area contributed by atoms with Gasteiger partial charge >= 0.3 is 0 Å². The lowest BCUT2D eigenvalue weighted by atomic mass is 10.3. The van der Waals surface area contributed by atoms with Crippen molar-refractivity contribution in [1.29, 1.82) is 0 Å². The summed E-state index contributed by atoms with van der Waals surface area (Å²) >= 11 is 6.26. The summed E-state index contributed by atoms with van der Waals surface area (Å²) in [6.07, 6.45) is 5.91. The molecule has 1 aliphatic heterocycles. The van der Waals surface area contributed by atoms with E-state index in [1.54, 1.807) is 30.7 Å². The number of amides is 1. The number of hydrogen-bond acceptors (Lipinski definition) is 5. The Labute approximate surface area is 198 Å². The molecule has 1 unspecified atom stereocenters. The number of aliphatic imine (C=N–C) groups is 1. The van der Waals surface area contributed by atoms with Crippen LogP contribution >= 0.6 is 35.6 Å². The molecule has 10 heteroatoms. The highest BCUT2D eigenvalue weighted by molar-refractivity contribution is 14.0. The smallest absolute Gasteiger partial charge is 0.252 e. The molecule has 1 atom stereocenters. The second-order valence-corrected chi connectivity index (χ2v) is 7.05. The molecule has 1 fully saturated rings. The summed E-state index contributed by atoms with van der Waals surface area (Å²) < 4.78 is 0. The minimum atomic E-state index is -0.148. The number of carbonyl (C=O) groups excluding carboxylic acids is 1. The summed E-state index contributed by atoms with van der Waals surface area (Å²) in [7, 11) is 0. The van der Waals surface area contributed by atoms with Crippen LogP contribution in [-0.2, 0) is 0 Å². The van der Waals surface area contributed by atoms with Gasteiger partial charge in [0, 0.05) is 50.8 Å². The van der Waals surface area contributed by atoms with Gasteiger partial charge in [0.2, 0.25) is 0 Å². The molecule has 8 nitrogen and oxygen atoms in total. The van der Waals surface area contributed by atoms with E-state index in [9.17, 15) is 4.79 Å². The van der Waals surface area contributed by atoms with Crippen molar-refractivity contribution in [3.63, 3.8) is 0 Å². The second-order valence-electron chi connectivity index (χ2n) is 6.64. The topological polar surface area (TPSA) is 94.5 Å². The standard InChI is InChI=1S/C20H26ClN7O.HI/c1-2-23-20(26-11-10-25-19(29)15-5-3-8-22-13-15)27-16-7-12-28(14-16)18-17(21)6-4-9-24-18;/h3-6,8-9,13,16H,2,7,10-12,14H2,1H3,(H,25,29)(H2,23,26,27);1H. The van der Waals surface area contributed by atoms with Gasteiger partial charge in [0.25, 0.3) is 5.91 Å². The van der Waals surface area contributed by atoms with Crippen LogP contribution in [-0.4, -0.2) is 60.6 Å². The molecule has 0 radical (unpaired) electrons. The maximum atomic E-state index is 12.0. The number of halogens is 2. The van der Waals surface area contributed by atoms with E-state index in [4.69, 9.17) is 11.6 Å². The van der Waals surface area contributed by atoms with Gasteiger partial charge < -0.3 is 20.9 Å². The molecule has 1 amide bonds. The van der Waals surface area contributed by atoms with E-state index in [1.807, 2.05) is 19.1 Å². The van der Waals surface area contributed by atoms with Crippen molar-refractivity contribution >= 4 is 53.3 Å². The molecular weight excluding hydrogens is 517 g/mol. The monoisotopic (exact) mass is 543 g/mol. The Morgan fingerprint density at radius 3 is 2.87 bits per heavy atom. The number of nitrogens with one attached hydrogen (secondary N) is 3. The molecule has 3 N–H and O–H groups in total. The summed E-state index contributed by atoms with van der Waals surface area (Å²) in [4.78, 5) is 27.1. The van der Waals surface area contributed by atoms with Crippen LogP contribution in [0.2, 0.25) is 5.02 Å². The summed E-state index contributed by atoms with van der Waals surface area (Å²) in [5, 5.41) is 10.2. The van der Waals surface area contributed by atoms with Crippen molar-refractivity contribution in [2.75, 3.05) is 37.6 Å². The van der Waals surface area contributed by atoms with Crippen molar-refractivity contribution in [2.45, 2.75) is 19.4 Å². The van der Waals surface area contributed by atoms with Crippen molar-refractivity contribution in [3.8, 4) is 0 Å². The fraction of sp³-hybridized carbons (Fsp3) is 0.400. The molecule has 2 aromatic heterocycles. The first-order valence-corrected chi connectivity index (χ1v) is 10.1. The van der Waals surface area contributed by atoms with Gasteiger partial charge in [-0.1, -0.05) is 11.6 Å². The zero-order valence-corrected chi connectivity index (χ0v) is 19.9. The van der Waals surface area contributed by atoms with Crippen LogP contribution in [0.25, 0.3) is 0 Å². The molecule has 0 spiro atoms. The fourth-order valence-corrected chi connectivity index (χ4v) is 3.37. The number of aromatic nitrogens is 2. The van der Waals surface area contributed by atoms with Crippen LogP contribution in [0, 0.1) is 0 Å². The molecular formula is C20H27ClIN7O. The molecule has 162 valence electrons. The van der Waals surface area contributed by atoms with E-state index in [1.165, 1.54) is 0 Å². The molecule has 0 saturated carbocycles. The first-order chi connectivity index (χ1) is 14.2. The van der Waals surface area contributed by atoms with E-state index in [0.717, 1.165) is 37.8 Å². The fourth-order valence-electron chi connectivity index (χ4n) is 3.13. The number of pyridine rings is 2.